The molecule has 0 aromatic carbocycles. The molecular weight excluding hydrogens is 1590 g/mol. The molecule has 0 aromatic rings. The number of methoxy groups -OCH3 is 1. The molecule has 32 heteroatoms. The van der Waals surface area contributed by atoms with Gasteiger partial charge < -0.3 is 80.5 Å². The van der Waals surface area contributed by atoms with Crippen LogP contribution in [0.3, 0.4) is 0 Å². The standard InChI is InChI=1S/C18H26O6.C15H20O7.C15H20O6.2C15H22O4.C12H16O5/c1-6-8(2)15(19)22-13-10-7-9-11(16(20)23-14(9)13)12(10)17(21)24-18(3,4)5;1-4-6(3)13(16)21-11-9-7(14(17)19-5-2)8-10(20-9)12(11)22-15(8)18;1-4-6(2)13(16)20-11-7-5-8-10(9(7)14(17)19-3)15(18)21-12(8)11;1-4-15(2,3)14(17)19-11-6-8-5-9(11)10-7-18-13(16)12(8)10;1-4-15(2,3)14(17)19-11-6-8-5-9(11)12-10(8)7-18-13(12)16;1-3-5(2)11(13)16-9-7-4-6-8(15-7)10(9)17-12(6)14/h8-14H,6-7H2,1-5H3;6-12H,4-5H2,1-3H3;6-12H,4-5H2,1-3H3;2*8-12H,4-7H2,1-3H3;5-10H,3-4H2,1-2H3. The van der Waals surface area contributed by atoms with Gasteiger partial charge in [0.1, 0.15) is 72.4 Å². The van der Waals surface area contributed by atoms with Crippen LogP contribution in [0.1, 0.15) is 208 Å². The van der Waals surface area contributed by atoms with Gasteiger partial charge in [0.25, 0.3) is 0 Å². The highest BCUT2D eigenvalue weighted by Gasteiger charge is 2.75. The van der Waals surface area contributed by atoms with Crippen molar-refractivity contribution < 1.29 is 152 Å². The Labute approximate surface area is 711 Å². The number of hydrogen-bond acceptors (Lipinski definition) is 32. The number of carbonyl (C=O) groups is 15. The molecule has 32 nitrogen and oxygen atoms in total. The first kappa shape index (κ1) is 91.7. The second kappa shape index (κ2) is 35.8. The van der Waals surface area contributed by atoms with E-state index in [9.17, 15) is 71.9 Å². The quantitative estimate of drug-likeness (QED) is 0.0724. The molecule has 0 N–H and O–H groups in total. The second-order valence-corrected chi connectivity index (χ2v) is 39.4. The molecule has 18 fully saturated rings. The van der Waals surface area contributed by atoms with Gasteiger partial charge in [0, 0.05) is 47.3 Å². The van der Waals surface area contributed by atoms with E-state index in [-0.39, 0.29) is 192 Å². The number of fused-ring (bicyclic) bond motifs is 14. The van der Waals surface area contributed by atoms with Gasteiger partial charge in [-0.15, -0.1) is 0 Å². The van der Waals surface area contributed by atoms with Gasteiger partial charge in [0.15, 0.2) is 24.4 Å². The first-order valence-corrected chi connectivity index (χ1v) is 44.8. The zero-order valence-electron chi connectivity index (χ0n) is 73.7. The summed E-state index contributed by atoms with van der Waals surface area (Å²) in [6.45, 7) is 34.9. The Hall–Kier alpha value is -8.03. The normalized spacial score (nSPS) is 40.2. The zero-order chi connectivity index (χ0) is 88.9. The van der Waals surface area contributed by atoms with Crippen molar-refractivity contribution in [2.24, 2.45) is 147 Å². The van der Waals surface area contributed by atoms with Gasteiger partial charge in [-0.3, -0.25) is 71.9 Å². The Morgan fingerprint density at radius 3 is 1.30 bits per heavy atom. The van der Waals surface area contributed by atoms with Crippen molar-refractivity contribution in [3.8, 4) is 0 Å². The summed E-state index contributed by atoms with van der Waals surface area (Å²) >= 11 is 0. The molecular formula is C90H126O32. The Morgan fingerprint density at radius 1 is 0.369 bits per heavy atom. The van der Waals surface area contributed by atoms with Crippen LogP contribution in [0, 0.1) is 147 Å². The summed E-state index contributed by atoms with van der Waals surface area (Å²) in [5.41, 5.74) is -1.47. The van der Waals surface area contributed by atoms with Crippen LogP contribution in [0.5, 0.6) is 0 Å². The van der Waals surface area contributed by atoms with Gasteiger partial charge in [-0.25, -0.2) is 0 Å². The monoisotopic (exact) mass is 1720 g/mol. The molecule has 8 saturated carbocycles. The van der Waals surface area contributed by atoms with Crippen molar-refractivity contribution in [3.05, 3.63) is 0 Å². The van der Waals surface area contributed by atoms with Crippen molar-refractivity contribution in [3.63, 3.8) is 0 Å². The van der Waals surface area contributed by atoms with Gasteiger partial charge in [-0.05, 0) is 151 Å². The van der Waals surface area contributed by atoms with Crippen LogP contribution in [-0.2, 0) is 152 Å². The molecule has 0 aromatic heterocycles. The molecule has 10 saturated heterocycles. The van der Waals surface area contributed by atoms with Crippen LogP contribution in [0.25, 0.3) is 0 Å². The molecule has 0 amide bonds. The Bertz CT molecular complexity index is 4040. The van der Waals surface area contributed by atoms with E-state index < -0.39 is 119 Å². The molecule has 37 unspecified atom stereocenters. The molecule has 10 aliphatic heterocycles. The highest BCUT2D eigenvalue weighted by molar-refractivity contribution is 5.89. The molecule has 678 valence electrons. The number of cyclic esters (lactones) is 2. The molecule has 18 aliphatic rings. The van der Waals surface area contributed by atoms with Gasteiger partial charge in [0.2, 0.25) is 0 Å². The Kier molecular flexibility index (Phi) is 26.9. The van der Waals surface area contributed by atoms with E-state index in [2.05, 4.69) is 0 Å². The fourth-order valence-electron chi connectivity index (χ4n) is 22.2. The fourth-order valence-corrected chi connectivity index (χ4v) is 22.2. The third-order valence-corrected chi connectivity index (χ3v) is 30.6. The summed E-state index contributed by atoms with van der Waals surface area (Å²) in [6, 6.07) is 0. The molecule has 0 radical (unpaired) electrons. The van der Waals surface area contributed by atoms with E-state index in [4.69, 9.17) is 80.5 Å². The first-order valence-electron chi connectivity index (χ1n) is 44.8. The summed E-state index contributed by atoms with van der Waals surface area (Å²) in [7, 11) is 1.31. The minimum absolute atomic E-state index is 0.000856. The van der Waals surface area contributed by atoms with Crippen molar-refractivity contribution in [1.82, 2.24) is 0 Å². The highest BCUT2D eigenvalue weighted by atomic mass is 16.7. The maximum absolute atomic E-state index is 12.6. The predicted molar refractivity (Wildman–Crippen MR) is 417 cm³/mol. The molecule has 37 atom stereocenters. The summed E-state index contributed by atoms with van der Waals surface area (Å²) in [5.74, 6) is -6.83. The lowest BCUT2D eigenvalue weighted by atomic mass is 9.78. The Balaban J connectivity index is 0.000000127. The van der Waals surface area contributed by atoms with Crippen molar-refractivity contribution in [2.75, 3.05) is 26.9 Å². The number of hydrogen-bond donors (Lipinski definition) is 0. The summed E-state index contributed by atoms with van der Waals surface area (Å²) in [6.07, 6.45) is 4.50. The van der Waals surface area contributed by atoms with E-state index >= 15 is 0 Å². The molecule has 18 rings (SSSR count). The minimum atomic E-state index is -0.758. The SMILES string of the molecule is CCC(C)(C)C(=O)OC1CC2CC1C1C(=O)OCC21.CCC(C)(C)C(=O)OC1CC2CC1C1COC(=O)C21.CCC(C)C(=O)OC1C2CC3C(=O)OC1C3O2.CCC(C)C(=O)OC1C2CC3C1OC(=O)C3C2C(=O)OC.CCC(C)C(=O)OC1C2CC3C1OC(=O)C3C2C(=O)OC(C)(C)C.CCOC(=O)C1C2OC3C(OC(=O)C31)C2OC(=O)C(C)CC. The topological polar surface area (TPSA) is 413 Å². The number of rotatable bonds is 22. The van der Waals surface area contributed by atoms with Crippen LogP contribution in [-0.4, -0.2) is 208 Å². The van der Waals surface area contributed by atoms with Gasteiger partial charge in [-0.1, -0.05) is 69.2 Å². The number of esters is 15. The summed E-state index contributed by atoms with van der Waals surface area (Å²) in [4.78, 5) is 180. The van der Waals surface area contributed by atoms with Gasteiger partial charge in [-0.2, -0.15) is 0 Å². The van der Waals surface area contributed by atoms with Crippen molar-refractivity contribution in [2.45, 2.75) is 299 Å². The van der Waals surface area contributed by atoms with E-state index in [1.54, 1.807) is 41.5 Å². The Morgan fingerprint density at radius 2 is 0.803 bits per heavy atom. The summed E-state index contributed by atoms with van der Waals surface area (Å²) < 4.78 is 92.0. The summed E-state index contributed by atoms with van der Waals surface area (Å²) in [5, 5.41) is 0. The van der Waals surface area contributed by atoms with Crippen molar-refractivity contribution >= 4 is 89.5 Å². The third-order valence-electron chi connectivity index (χ3n) is 30.6. The minimum Gasteiger partial charge on any atom is -0.469 e. The maximum atomic E-state index is 12.6. The lowest BCUT2D eigenvalue weighted by molar-refractivity contribution is -0.173. The van der Waals surface area contributed by atoms with Gasteiger partial charge >= 0.3 is 89.5 Å². The smallest absolute Gasteiger partial charge is 0.313 e. The predicted octanol–water partition coefficient (Wildman–Crippen LogP) is 8.45. The first-order chi connectivity index (χ1) is 57.6. The fraction of sp³-hybridized carbons (Fsp3) is 0.833. The van der Waals surface area contributed by atoms with E-state index in [0.717, 1.165) is 44.9 Å². The van der Waals surface area contributed by atoms with Crippen LogP contribution >= 0.6 is 0 Å². The lowest BCUT2D eigenvalue weighted by Crippen LogP contribution is -2.48. The number of ether oxygens (including phenoxy) is 17. The van der Waals surface area contributed by atoms with E-state index in [0.29, 0.717) is 75.4 Å². The average Bonchev–Trinajstić information content (AvgIpc) is 1.54. The van der Waals surface area contributed by atoms with Crippen LogP contribution in [0.4, 0.5) is 0 Å². The largest absolute Gasteiger partial charge is 0.469 e. The average molecular weight is 1720 g/mol. The van der Waals surface area contributed by atoms with Crippen LogP contribution in [0.2, 0.25) is 0 Å². The van der Waals surface area contributed by atoms with Crippen LogP contribution < -0.4 is 0 Å². The van der Waals surface area contributed by atoms with E-state index in [1.165, 1.54) is 7.11 Å². The van der Waals surface area contributed by atoms with Crippen LogP contribution in [0.15, 0.2) is 0 Å². The number of carbonyl (C=O) groups excluding carboxylic acids is 15. The molecule has 12 bridgehead atoms. The molecule has 122 heavy (non-hydrogen) atoms. The van der Waals surface area contributed by atoms with E-state index in [1.807, 2.05) is 83.1 Å². The zero-order valence-corrected chi connectivity index (χ0v) is 73.7. The molecule has 8 aliphatic carbocycles. The molecule has 0 spiro atoms. The van der Waals surface area contributed by atoms with Gasteiger partial charge in [0.05, 0.1) is 109 Å². The second-order valence-electron chi connectivity index (χ2n) is 39.4. The third kappa shape index (κ3) is 16.9. The van der Waals surface area contributed by atoms with Crippen molar-refractivity contribution in [1.29, 1.82) is 0 Å². The highest BCUT2D eigenvalue weighted by Crippen LogP contribution is 2.63. The lowest BCUT2D eigenvalue weighted by Gasteiger charge is -2.32. The maximum Gasteiger partial charge on any atom is 0.313 e. The molecule has 10 heterocycles.